The van der Waals surface area contributed by atoms with Crippen molar-refractivity contribution >= 4 is 11.8 Å². The molecule has 0 aromatic heterocycles. The average molecular weight is 439 g/mol. The quantitative estimate of drug-likeness (QED) is 0.569. The number of hydrogen-bond acceptors (Lipinski definition) is 4. The molecule has 1 aliphatic rings. The van der Waals surface area contributed by atoms with Crippen molar-refractivity contribution in [3.8, 4) is 11.5 Å². The smallest absolute Gasteiger partial charge is 0.242 e. The first-order chi connectivity index (χ1) is 15.5. The molecular weight excluding hydrogens is 404 g/mol. The van der Waals surface area contributed by atoms with Crippen LogP contribution in [-0.4, -0.2) is 42.5 Å². The number of carbonyl (C=O) groups is 2. The fourth-order valence-corrected chi connectivity index (χ4v) is 3.76. The van der Waals surface area contributed by atoms with E-state index in [2.05, 4.69) is 18.3 Å². The molecular formula is C26H34N2O4. The molecule has 1 aliphatic heterocycles. The van der Waals surface area contributed by atoms with Crippen molar-refractivity contribution in [3.05, 3.63) is 59.2 Å². The zero-order valence-corrected chi connectivity index (χ0v) is 19.4. The Morgan fingerprint density at radius 3 is 2.59 bits per heavy atom. The van der Waals surface area contributed by atoms with Gasteiger partial charge in [0.1, 0.15) is 19.3 Å². The minimum atomic E-state index is -0.542. The molecule has 0 fully saturated rings. The highest BCUT2D eigenvalue weighted by Gasteiger charge is 2.26. The molecule has 0 unspecified atom stereocenters. The molecule has 0 saturated heterocycles. The summed E-state index contributed by atoms with van der Waals surface area (Å²) in [4.78, 5) is 27.7. The molecule has 0 saturated carbocycles. The second-order valence-electron chi connectivity index (χ2n) is 8.31. The number of nitrogens with one attached hydrogen (secondary N) is 1. The maximum atomic E-state index is 13.3. The van der Waals surface area contributed by atoms with Gasteiger partial charge in [0.2, 0.25) is 11.8 Å². The zero-order valence-electron chi connectivity index (χ0n) is 19.4. The van der Waals surface area contributed by atoms with Gasteiger partial charge in [-0.05, 0) is 49.9 Å². The van der Waals surface area contributed by atoms with Crippen molar-refractivity contribution in [1.82, 2.24) is 10.2 Å². The Kier molecular flexibility index (Phi) is 8.54. The molecule has 2 aromatic carbocycles. The molecule has 0 bridgehead atoms. The van der Waals surface area contributed by atoms with E-state index < -0.39 is 6.04 Å². The number of rotatable bonds is 10. The third kappa shape index (κ3) is 6.49. The minimum absolute atomic E-state index is 0.0421. The largest absolute Gasteiger partial charge is 0.486 e. The van der Waals surface area contributed by atoms with Crippen LogP contribution in [0, 0.1) is 6.92 Å². The zero-order chi connectivity index (χ0) is 22.9. The predicted molar refractivity (Wildman–Crippen MR) is 125 cm³/mol. The second kappa shape index (κ2) is 11.6. The Hall–Kier alpha value is -3.02. The summed E-state index contributed by atoms with van der Waals surface area (Å²) in [5.41, 5.74) is 3.16. The SMILES string of the molecule is CCCCNC(=O)[C@@H](C)N(Cc1cccc(C)c1)C(=O)CCc1ccc2c(c1)OCCO2. The number of carbonyl (C=O) groups excluding carboxylic acids is 2. The van der Waals surface area contributed by atoms with Gasteiger partial charge in [0, 0.05) is 19.5 Å². The van der Waals surface area contributed by atoms with Gasteiger partial charge in [-0.15, -0.1) is 0 Å². The topological polar surface area (TPSA) is 67.9 Å². The van der Waals surface area contributed by atoms with Crippen LogP contribution in [0.2, 0.25) is 0 Å². The van der Waals surface area contributed by atoms with Crippen LogP contribution >= 0.6 is 0 Å². The van der Waals surface area contributed by atoms with Crippen molar-refractivity contribution in [2.45, 2.75) is 59.0 Å². The summed E-state index contributed by atoms with van der Waals surface area (Å²) in [5, 5.41) is 2.96. The lowest BCUT2D eigenvalue weighted by molar-refractivity contribution is -0.140. The van der Waals surface area contributed by atoms with Gasteiger partial charge in [0.25, 0.3) is 0 Å². The molecule has 32 heavy (non-hydrogen) atoms. The average Bonchev–Trinajstić information content (AvgIpc) is 2.80. The standard InChI is InChI=1S/C26H34N2O4/c1-4-5-13-27-26(30)20(3)28(18-22-8-6-7-19(2)16-22)25(29)12-10-21-9-11-23-24(17-21)32-15-14-31-23/h6-9,11,16-17,20H,4-5,10,12-15,18H2,1-3H3,(H,27,30)/t20-/m1/s1. The van der Waals surface area contributed by atoms with Gasteiger partial charge in [0.05, 0.1) is 0 Å². The molecule has 6 nitrogen and oxygen atoms in total. The van der Waals surface area contributed by atoms with Crippen molar-refractivity contribution in [1.29, 1.82) is 0 Å². The molecule has 172 valence electrons. The lowest BCUT2D eigenvalue weighted by Crippen LogP contribution is -2.47. The van der Waals surface area contributed by atoms with Crippen LogP contribution in [0.15, 0.2) is 42.5 Å². The van der Waals surface area contributed by atoms with Crippen LogP contribution in [-0.2, 0) is 22.6 Å². The summed E-state index contributed by atoms with van der Waals surface area (Å²) in [6.45, 7) is 8.03. The number of hydrogen-bond donors (Lipinski definition) is 1. The number of ether oxygens (including phenoxy) is 2. The van der Waals surface area contributed by atoms with E-state index in [1.807, 2.05) is 43.3 Å². The Bertz CT molecular complexity index is 928. The third-order valence-electron chi connectivity index (χ3n) is 5.67. The first-order valence-electron chi connectivity index (χ1n) is 11.5. The molecule has 1 heterocycles. The van der Waals surface area contributed by atoms with Crippen LogP contribution < -0.4 is 14.8 Å². The molecule has 2 amide bonds. The molecule has 2 aromatic rings. The highest BCUT2D eigenvalue weighted by atomic mass is 16.6. The number of nitrogens with zero attached hydrogens (tertiary/aromatic N) is 1. The lowest BCUT2D eigenvalue weighted by Gasteiger charge is -2.29. The van der Waals surface area contributed by atoms with E-state index in [4.69, 9.17) is 9.47 Å². The van der Waals surface area contributed by atoms with Gasteiger partial charge in [-0.1, -0.05) is 49.2 Å². The first-order valence-corrected chi connectivity index (χ1v) is 11.5. The second-order valence-corrected chi connectivity index (χ2v) is 8.31. The molecule has 0 spiro atoms. The van der Waals surface area contributed by atoms with E-state index in [-0.39, 0.29) is 11.8 Å². The van der Waals surface area contributed by atoms with E-state index in [0.29, 0.717) is 39.1 Å². The fourth-order valence-electron chi connectivity index (χ4n) is 3.76. The normalized spacial score (nSPS) is 13.3. The summed E-state index contributed by atoms with van der Waals surface area (Å²) >= 11 is 0. The van der Waals surface area contributed by atoms with E-state index in [9.17, 15) is 9.59 Å². The Morgan fingerprint density at radius 2 is 1.84 bits per heavy atom. The Balaban J connectivity index is 1.69. The molecule has 0 radical (unpaired) electrons. The summed E-state index contributed by atoms with van der Waals surface area (Å²) < 4.78 is 11.2. The van der Waals surface area contributed by atoms with E-state index in [0.717, 1.165) is 41.0 Å². The minimum Gasteiger partial charge on any atom is -0.486 e. The van der Waals surface area contributed by atoms with Gasteiger partial charge < -0.3 is 19.7 Å². The maximum absolute atomic E-state index is 13.3. The number of aryl methyl sites for hydroxylation is 2. The highest BCUT2D eigenvalue weighted by molar-refractivity contribution is 5.87. The Labute approximate surface area is 190 Å². The molecule has 3 rings (SSSR count). The summed E-state index contributed by atoms with van der Waals surface area (Å²) in [6.07, 6.45) is 2.83. The van der Waals surface area contributed by atoms with Crippen molar-refractivity contribution < 1.29 is 19.1 Å². The van der Waals surface area contributed by atoms with Crippen molar-refractivity contribution in [2.24, 2.45) is 0 Å². The lowest BCUT2D eigenvalue weighted by atomic mass is 10.1. The summed E-state index contributed by atoms with van der Waals surface area (Å²) in [6, 6.07) is 13.3. The van der Waals surface area contributed by atoms with Gasteiger partial charge >= 0.3 is 0 Å². The molecule has 1 N–H and O–H groups in total. The van der Waals surface area contributed by atoms with E-state index in [1.54, 1.807) is 11.8 Å². The molecule has 0 aliphatic carbocycles. The summed E-state index contributed by atoms with van der Waals surface area (Å²) in [5.74, 6) is 1.31. The van der Waals surface area contributed by atoms with Crippen LogP contribution in [0.4, 0.5) is 0 Å². The first kappa shape index (κ1) is 23.6. The van der Waals surface area contributed by atoms with Gasteiger partial charge in [-0.25, -0.2) is 0 Å². The highest BCUT2D eigenvalue weighted by Crippen LogP contribution is 2.31. The van der Waals surface area contributed by atoms with Crippen molar-refractivity contribution in [3.63, 3.8) is 0 Å². The van der Waals surface area contributed by atoms with Crippen LogP contribution in [0.3, 0.4) is 0 Å². The Morgan fingerprint density at radius 1 is 1.06 bits per heavy atom. The summed E-state index contributed by atoms with van der Waals surface area (Å²) in [7, 11) is 0. The monoisotopic (exact) mass is 438 g/mol. The van der Waals surface area contributed by atoms with Crippen molar-refractivity contribution in [2.75, 3.05) is 19.8 Å². The third-order valence-corrected chi connectivity index (χ3v) is 5.67. The van der Waals surface area contributed by atoms with E-state index >= 15 is 0 Å². The van der Waals surface area contributed by atoms with Gasteiger partial charge in [-0.3, -0.25) is 9.59 Å². The van der Waals surface area contributed by atoms with Crippen LogP contribution in [0.25, 0.3) is 0 Å². The maximum Gasteiger partial charge on any atom is 0.242 e. The number of fused-ring (bicyclic) bond motifs is 1. The number of amides is 2. The number of unbranched alkanes of at least 4 members (excludes halogenated alkanes) is 1. The van der Waals surface area contributed by atoms with Gasteiger partial charge in [0.15, 0.2) is 11.5 Å². The fraction of sp³-hybridized carbons (Fsp3) is 0.462. The molecule has 1 atom stereocenters. The predicted octanol–water partition coefficient (Wildman–Crippen LogP) is 4.03. The van der Waals surface area contributed by atoms with Crippen LogP contribution in [0.1, 0.15) is 49.8 Å². The molecule has 6 heteroatoms. The number of benzene rings is 2. The van der Waals surface area contributed by atoms with E-state index in [1.165, 1.54) is 0 Å². The van der Waals surface area contributed by atoms with Gasteiger partial charge in [-0.2, -0.15) is 0 Å². The van der Waals surface area contributed by atoms with Crippen LogP contribution in [0.5, 0.6) is 11.5 Å².